The van der Waals surface area contributed by atoms with E-state index in [0.717, 1.165) is 12.8 Å². The van der Waals surface area contributed by atoms with Gasteiger partial charge < -0.3 is 5.11 Å². The first kappa shape index (κ1) is 11.9. The molecule has 2 heteroatoms. The number of hydrogen-bond donors (Lipinski definition) is 1. The molecule has 0 aromatic heterocycles. The van der Waals surface area contributed by atoms with Gasteiger partial charge in [-0.05, 0) is 12.0 Å². The fourth-order valence-corrected chi connectivity index (χ4v) is 1.64. The Kier molecular flexibility index (Phi) is 4.50. The van der Waals surface area contributed by atoms with Crippen LogP contribution in [-0.4, -0.2) is 10.9 Å². The lowest BCUT2D eigenvalue weighted by atomic mass is 9.93. The van der Waals surface area contributed by atoms with Crippen LogP contribution in [0.1, 0.15) is 38.4 Å². The van der Waals surface area contributed by atoms with E-state index in [0.29, 0.717) is 5.56 Å². The Labute approximate surface area is 90.9 Å². The van der Waals surface area contributed by atoms with Crippen molar-refractivity contribution in [2.75, 3.05) is 0 Å². The van der Waals surface area contributed by atoms with E-state index < -0.39 is 6.10 Å². The van der Waals surface area contributed by atoms with Crippen LogP contribution in [0.5, 0.6) is 0 Å². The van der Waals surface area contributed by atoms with Crippen molar-refractivity contribution in [3.63, 3.8) is 0 Å². The average molecular weight is 206 g/mol. The van der Waals surface area contributed by atoms with Crippen LogP contribution >= 0.6 is 0 Å². The van der Waals surface area contributed by atoms with E-state index in [9.17, 15) is 9.90 Å². The molecule has 0 fully saturated rings. The third-order valence-corrected chi connectivity index (χ3v) is 2.59. The van der Waals surface area contributed by atoms with E-state index in [-0.39, 0.29) is 11.7 Å². The number of Topliss-reactive ketones (excluding diaryl/α,β-unsaturated/α-hetero) is 1. The van der Waals surface area contributed by atoms with Gasteiger partial charge in [0.15, 0.2) is 5.78 Å². The summed E-state index contributed by atoms with van der Waals surface area (Å²) in [5.74, 6) is -0.145. The second kappa shape index (κ2) is 5.66. The van der Waals surface area contributed by atoms with Gasteiger partial charge in [-0.15, -0.1) is 0 Å². The Morgan fingerprint density at radius 2 is 1.93 bits per heavy atom. The summed E-state index contributed by atoms with van der Waals surface area (Å²) in [4.78, 5) is 11.8. The van der Waals surface area contributed by atoms with Crippen LogP contribution in [0.15, 0.2) is 30.3 Å². The van der Waals surface area contributed by atoms with Gasteiger partial charge in [0.2, 0.25) is 0 Å². The van der Waals surface area contributed by atoms with Gasteiger partial charge in [-0.25, -0.2) is 0 Å². The number of aliphatic hydroxyl groups is 1. The Morgan fingerprint density at radius 3 is 2.47 bits per heavy atom. The second-order valence-electron chi connectivity index (χ2n) is 3.91. The Hall–Kier alpha value is -1.15. The highest BCUT2D eigenvalue weighted by Crippen LogP contribution is 2.19. The predicted octanol–water partition coefficient (Wildman–Crippen LogP) is 2.73. The molecular formula is C13H18O2. The molecule has 82 valence electrons. The smallest absolute Gasteiger partial charge is 0.168 e. The van der Waals surface area contributed by atoms with E-state index in [2.05, 4.69) is 0 Å². The molecule has 1 aromatic carbocycles. The summed E-state index contributed by atoms with van der Waals surface area (Å²) in [6.45, 7) is 3.91. The molecule has 0 saturated carbocycles. The Bertz CT molecular complexity index is 306. The van der Waals surface area contributed by atoms with Crippen molar-refractivity contribution < 1.29 is 9.90 Å². The second-order valence-corrected chi connectivity index (χ2v) is 3.91. The number of carbonyl (C=O) groups excluding carboxylic acids is 1. The quantitative estimate of drug-likeness (QED) is 0.804. The maximum Gasteiger partial charge on any atom is 0.168 e. The van der Waals surface area contributed by atoms with E-state index in [4.69, 9.17) is 0 Å². The summed E-state index contributed by atoms with van der Waals surface area (Å²) in [5.41, 5.74) is 0.686. The molecule has 0 aliphatic rings. The Balaban J connectivity index is 2.69. The summed E-state index contributed by atoms with van der Waals surface area (Å²) in [6.07, 6.45) is 0.838. The minimum Gasteiger partial charge on any atom is -0.381 e. The van der Waals surface area contributed by atoms with Gasteiger partial charge in [-0.1, -0.05) is 50.6 Å². The molecule has 0 radical (unpaired) electrons. The van der Waals surface area contributed by atoms with Gasteiger partial charge in [0.05, 0.1) is 0 Å². The summed E-state index contributed by atoms with van der Waals surface area (Å²) in [6, 6.07) is 9.09. The fourth-order valence-electron chi connectivity index (χ4n) is 1.64. The molecular weight excluding hydrogens is 188 g/mol. The zero-order chi connectivity index (χ0) is 11.3. The van der Waals surface area contributed by atoms with Crippen molar-refractivity contribution in [2.24, 2.45) is 5.92 Å². The van der Waals surface area contributed by atoms with Gasteiger partial charge in [0, 0.05) is 5.92 Å². The molecule has 15 heavy (non-hydrogen) atoms. The lowest BCUT2D eigenvalue weighted by Gasteiger charge is -2.14. The molecule has 0 aliphatic heterocycles. The third-order valence-electron chi connectivity index (χ3n) is 2.59. The van der Waals surface area contributed by atoms with Crippen LogP contribution in [0.25, 0.3) is 0 Å². The minimum atomic E-state index is -0.965. The van der Waals surface area contributed by atoms with Gasteiger partial charge in [0.25, 0.3) is 0 Å². The summed E-state index contributed by atoms with van der Waals surface area (Å²) in [7, 11) is 0. The molecule has 0 amide bonds. The summed E-state index contributed by atoms with van der Waals surface area (Å²) < 4.78 is 0. The highest BCUT2D eigenvalue weighted by molar-refractivity contribution is 5.85. The predicted molar refractivity (Wildman–Crippen MR) is 60.5 cm³/mol. The van der Waals surface area contributed by atoms with Crippen molar-refractivity contribution >= 4 is 5.78 Å². The number of benzene rings is 1. The van der Waals surface area contributed by atoms with Crippen LogP contribution < -0.4 is 0 Å². The van der Waals surface area contributed by atoms with Crippen LogP contribution in [0, 0.1) is 5.92 Å². The lowest BCUT2D eigenvalue weighted by Crippen LogP contribution is -2.19. The highest BCUT2D eigenvalue weighted by Gasteiger charge is 2.22. The molecule has 2 unspecified atom stereocenters. The number of carbonyl (C=O) groups is 1. The van der Waals surface area contributed by atoms with E-state index in [1.807, 2.05) is 32.0 Å². The van der Waals surface area contributed by atoms with Gasteiger partial charge >= 0.3 is 0 Å². The first-order valence-corrected chi connectivity index (χ1v) is 5.43. The standard InChI is InChI=1S/C13H18O2/c1-3-7-10(2)12(14)13(15)11-8-5-4-6-9-11/h4-6,8-10,13,15H,3,7H2,1-2H3. The number of hydrogen-bond acceptors (Lipinski definition) is 2. The van der Waals surface area contributed by atoms with Crippen molar-refractivity contribution in [2.45, 2.75) is 32.8 Å². The fraction of sp³-hybridized carbons (Fsp3) is 0.462. The zero-order valence-electron chi connectivity index (χ0n) is 9.31. The topological polar surface area (TPSA) is 37.3 Å². The molecule has 1 aromatic rings. The lowest BCUT2D eigenvalue weighted by molar-refractivity contribution is -0.131. The van der Waals surface area contributed by atoms with E-state index >= 15 is 0 Å². The van der Waals surface area contributed by atoms with Crippen molar-refractivity contribution in [1.29, 1.82) is 0 Å². The van der Waals surface area contributed by atoms with E-state index in [1.54, 1.807) is 12.1 Å². The zero-order valence-corrected chi connectivity index (χ0v) is 9.31. The molecule has 2 nitrogen and oxygen atoms in total. The number of rotatable bonds is 5. The van der Waals surface area contributed by atoms with Crippen LogP contribution in [0.2, 0.25) is 0 Å². The molecule has 1 rings (SSSR count). The molecule has 0 saturated heterocycles. The summed E-state index contributed by atoms with van der Waals surface area (Å²) >= 11 is 0. The maximum atomic E-state index is 11.8. The van der Waals surface area contributed by atoms with Gasteiger partial charge in [-0.3, -0.25) is 4.79 Å². The van der Waals surface area contributed by atoms with Crippen molar-refractivity contribution in [3.05, 3.63) is 35.9 Å². The minimum absolute atomic E-state index is 0.0646. The first-order valence-electron chi connectivity index (χ1n) is 5.43. The van der Waals surface area contributed by atoms with Crippen LogP contribution in [0.4, 0.5) is 0 Å². The largest absolute Gasteiger partial charge is 0.381 e. The first-order chi connectivity index (χ1) is 7.16. The molecule has 0 bridgehead atoms. The third kappa shape index (κ3) is 3.17. The molecule has 0 aliphatic carbocycles. The monoisotopic (exact) mass is 206 g/mol. The average Bonchev–Trinajstić information content (AvgIpc) is 2.28. The van der Waals surface area contributed by atoms with E-state index in [1.165, 1.54) is 0 Å². The number of aliphatic hydroxyl groups excluding tert-OH is 1. The molecule has 1 N–H and O–H groups in total. The molecule has 2 atom stereocenters. The van der Waals surface area contributed by atoms with Crippen molar-refractivity contribution in [3.8, 4) is 0 Å². The maximum absolute atomic E-state index is 11.8. The Morgan fingerprint density at radius 1 is 1.33 bits per heavy atom. The van der Waals surface area contributed by atoms with Gasteiger partial charge in [0.1, 0.15) is 6.10 Å². The normalized spacial score (nSPS) is 14.6. The van der Waals surface area contributed by atoms with Gasteiger partial charge in [-0.2, -0.15) is 0 Å². The number of ketones is 1. The SMILES string of the molecule is CCCC(C)C(=O)C(O)c1ccccc1. The summed E-state index contributed by atoms with van der Waals surface area (Å²) in [5, 5.41) is 9.84. The highest BCUT2D eigenvalue weighted by atomic mass is 16.3. The molecule has 0 spiro atoms. The van der Waals surface area contributed by atoms with Crippen molar-refractivity contribution in [1.82, 2.24) is 0 Å². The van der Waals surface area contributed by atoms with Crippen LogP contribution in [0.3, 0.4) is 0 Å². The molecule has 0 heterocycles. The van der Waals surface area contributed by atoms with Crippen LogP contribution in [-0.2, 0) is 4.79 Å².